The number of allylic oxidation sites excluding steroid dienone is 7. The number of halogens is 1. The first kappa shape index (κ1) is 20.7. The summed E-state index contributed by atoms with van der Waals surface area (Å²) in [6, 6.07) is 5.85. The average molecular weight is 365 g/mol. The van der Waals surface area contributed by atoms with E-state index in [-0.39, 0.29) is 5.83 Å². The molecule has 0 amide bonds. The van der Waals surface area contributed by atoms with E-state index in [0.29, 0.717) is 25.0 Å². The van der Waals surface area contributed by atoms with Gasteiger partial charge in [0, 0.05) is 12.8 Å². The Hall–Kier alpha value is -2.60. The Bertz CT molecular complexity index is 836. The molecule has 1 aliphatic carbocycles. The molecule has 0 saturated heterocycles. The maximum Gasteiger partial charge on any atom is 0.101 e. The van der Waals surface area contributed by atoms with Crippen molar-refractivity contribution in [1.29, 1.82) is 5.26 Å². The molecule has 0 radical (unpaired) electrons. The fourth-order valence-corrected chi connectivity index (χ4v) is 3.28. The first-order valence-electron chi connectivity index (χ1n) is 9.44. The number of rotatable bonds is 8. The Labute approximate surface area is 162 Å². The van der Waals surface area contributed by atoms with Crippen molar-refractivity contribution in [2.24, 2.45) is 0 Å². The van der Waals surface area contributed by atoms with Gasteiger partial charge in [0.25, 0.3) is 0 Å². The van der Waals surface area contributed by atoms with Crippen LogP contribution in [0.15, 0.2) is 53.6 Å². The number of ether oxygens (including phenoxy) is 1. The van der Waals surface area contributed by atoms with Gasteiger partial charge in [0.05, 0.1) is 24.0 Å². The van der Waals surface area contributed by atoms with Crippen LogP contribution in [-0.4, -0.2) is 6.61 Å². The van der Waals surface area contributed by atoms with E-state index in [1.165, 1.54) is 5.57 Å². The minimum atomic E-state index is -0.177. The van der Waals surface area contributed by atoms with E-state index in [4.69, 9.17) is 10.00 Å². The van der Waals surface area contributed by atoms with E-state index in [2.05, 4.69) is 12.6 Å². The summed E-state index contributed by atoms with van der Waals surface area (Å²) in [5.74, 6) is 0.779. The van der Waals surface area contributed by atoms with E-state index in [9.17, 15) is 4.39 Å². The summed E-state index contributed by atoms with van der Waals surface area (Å²) in [5, 5.41) is 9.16. The highest BCUT2D eigenvalue weighted by atomic mass is 19.1. The zero-order valence-electron chi connectivity index (χ0n) is 16.8. The normalized spacial score (nSPS) is 14.0. The van der Waals surface area contributed by atoms with Crippen LogP contribution in [0.1, 0.15) is 61.8 Å². The van der Waals surface area contributed by atoms with Crippen LogP contribution >= 0.6 is 0 Å². The number of nitrogens with zero attached hydrogens (tertiary/aromatic N) is 1. The number of nitriles is 1. The van der Waals surface area contributed by atoms with Gasteiger partial charge in [0.15, 0.2) is 0 Å². The van der Waals surface area contributed by atoms with E-state index in [1.54, 1.807) is 6.08 Å². The molecular formula is C24H28FNO. The second-order valence-corrected chi connectivity index (χ2v) is 7.09. The molecule has 0 heterocycles. The predicted molar refractivity (Wildman–Crippen MR) is 110 cm³/mol. The number of hydrogen-bond acceptors (Lipinski definition) is 2. The van der Waals surface area contributed by atoms with Gasteiger partial charge in [-0.15, -0.1) is 0 Å². The van der Waals surface area contributed by atoms with Crippen LogP contribution in [0.2, 0.25) is 0 Å². The molecule has 142 valence electrons. The molecule has 0 bridgehead atoms. The lowest BCUT2D eigenvalue weighted by Gasteiger charge is -2.13. The van der Waals surface area contributed by atoms with Crippen LogP contribution in [0, 0.1) is 25.2 Å². The number of benzene rings is 1. The molecular weight excluding hydrogens is 337 g/mol. The van der Waals surface area contributed by atoms with Crippen molar-refractivity contribution in [2.75, 3.05) is 6.61 Å². The van der Waals surface area contributed by atoms with Gasteiger partial charge >= 0.3 is 0 Å². The molecule has 0 N–H and O–H groups in total. The summed E-state index contributed by atoms with van der Waals surface area (Å²) < 4.78 is 20.4. The quantitative estimate of drug-likeness (QED) is 0.373. The summed E-state index contributed by atoms with van der Waals surface area (Å²) in [6.45, 7) is 12.3. The molecule has 27 heavy (non-hydrogen) atoms. The molecule has 0 aliphatic heterocycles. The van der Waals surface area contributed by atoms with Crippen LogP contribution in [0.25, 0.3) is 5.57 Å². The average Bonchev–Trinajstić information content (AvgIpc) is 3.42. The van der Waals surface area contributed by atoms with Crippen LogP contribution in [0.4, 0.5) is 4.39 Å². The Morgan fingerprint density at radius 2 is 1.85 bits per heavy atom. The third-order valence-corrected chi connectivity index (χ3v) is 4.47. The smallest absolute Gasteiger partial charge is 0.101 e. The number of aryl methyl sites for hydroxylation is 2. The largest absolute Gasteiger partial charge is 0.498 e. The maximum absolute atomic E-state index is 14.7. The van der Waals surface area contributed by atoms with Crippen LogP contribution in [0.3, 0.4) is 0 Å². The molecule has 0 unspecified atom stereocenters. The van der Waals surface area contributed by atoms with Crippen molar-refractivity contribution in [3.63, 3.8) is 0 Å². The Morgan fingerprint density at radius 1 is 1.22 bits per heavy atom. The highest BCUT2D eigenvalue weighted by molar-refractivity contribution is 5.80. The van der Waals surface area contributed by atoms with Crippen molar-refractivity contribution < 1.29 is 9.13 Å². The van der Waals surface area contributed by atoms with Crippen molar-refractivity contribution in [2.45, 2.75) is 53.4 Å². The van der Waals surface area contributed by atoms with Gasteiger partial charge in [0.2, 0.25) is 0 Å². The van der Waals surface area contributed by atoms with Crippen molar-refractivity contribution in [3.8, 4) is 6.07 Å². The lowest BCUT2D eigenvalue weighted by molar-refractivity contribution is 0.215. The summed E-state index contributed by atoms with van der Waals surface area (Å²) >= 11 is 0. The van der Waals surface area contributed by atoms with Crippen molar-refractivity contribution in [3.05, 3.63) is 75.8 Å². The van der Waals surface area contributed by atoms with E-state index in [0.717, 1.165) is 46.4 Å². The first-order valence-corrected chi connectivity index (χ1v) is 9.44. The molecule has 1 aromatic rings. The molecule has 2 nitrogen and oxygen atoms in total. The molecule has 0 aromatic heterocycles. The lowest BCUT2D eigenvalue weighted by Crippen LogP contribution is -1.96. The molecule has 1 aliphatic rings. The van der Waals surface area contributed by atoms with Crippen LogP contribution < -0.4 is 0 Å². The van der Waals surface area contributed by atoms with Crippen LogP contribution in [0.5, 0.6) is 0 Å². The van der Waals surface area contributed by atoms with E-state index >= 15 is 0 Å². The molecule has 0 spiro atoms. The van der Waals surface area contributed by atoms with E-state index in [1.807, 2.05) is 45.9 Å². The molecule has 1 aromatic carbocycles. The van der Waals surface area contributed by atoms with Gasteiger partial charge in [0.1, 0.15) is 5.83 Å². The van der Waals surface area contributed by atoms with Crippen molar-refractivity contribution in [1.82, 2.24) is 0 Å². The monoisotopic (exact) mass is 365 g/mol. The van der Waals surface area contributed by atoms with Crippen LogP contribution in [-0.2, 0) is 4.74 Å². The molecule has 3 heteroatoms. The van der Waals surface area contributed by atoms with Gasteiger partial charge in [-0.25, -0.2) is 4.39 Å². The lowest BCUT2D eigenvalue weighted by atomic mass is 9.92. The fourth-order valence-electron chi connectivity index (χ4n) is 3.28. The van der Waals surface area contributed by atoms with E-state index < -0.39 is 0 Å². The Kier molecular flexibility index (Phi) is 7.19. The third-order valence-electron chi connectivity index (χ3n) is 4.47. The third kappa shape index (κ3) is 5.96. The minimum Gasteiger partial charge on any atom is -0.498 e. The topological polar surface area (TPSA) is 33.0 Å². The van der Waals surface area contributed by atoms with Gasteiger partial charge in [-0.2, -0.15) is 5.26 Å². The number of hydrogen-bond donors (Lipinski definition) is 0. The first-order chi connectivity index (χ1) is 12.8. The zero-order chi connectivity index (χ0) is 20.0. The Morgan fingerprint density at radius 3 is 2.33 bits per heavy atom. The zero-order valence-corrected chi connectivity index (χ0v) is 16.8. The molecule has 1 saturated carbocycles. The molecule has 0 atom stereocenters. The maximum atomic E-state index is 14.7. The summed E-state index contributed by atoms with van der Waals surface area (Å²) in [5.41, 5.74) is 6.45. The summed E-state index contributed by atoms with van der Waals surface area (Å²) in [4.78, 5) is 0. The second-order valence-electron chi connectivity index (χ2n) is 7.09. The Balaban J connectivity index is 2.30. The minimum absolute atomic E-state index is 0.177. The highest BCUT2D eigenvalue weighted by Gasteiger charge is 2.19. The van der Waals surface area contributed by atoms with Gasteiger partial charge in [-0.05, 0) is 86.6 Å². The molecule has 2 rings (SSSR count). The van der Waals surface area contributed by atoms with Gasteiger partial charge in [-0.1, -0.05) is 18.2 Å². The van der Waals surface area contributed by atoms with Gasteiger partial charge < -0.3 is 4.74 Å². The molecule has 1 fully saturated rings. The highest BCUT2D eigenvalue weighted by Crippen LogP contribution is 2.35. The van der Waals surface area contributed by atoms with Crippen molar-refractivity contribution >= 4 is 5.57 Å². The second kappa shape index (κ2) is 9.37. The van der Waals surface area contributed by atoms with Gasteiger partial charge in [-0.3, -0.25) is 0 Å². The standard InChI is InChI=1S/C24H28FNO/c1-6-27-23(20-7-8-20)10-9-22(25)14-21(11-16(2)3)24-17(4)12-19(15-26)13-18(24)5/h11-14H,2,6-10H2,1,3-5H3/b21-11+,22-14-. The SMILES string of the molecule is C=C(C)/C=C(\C=C(/F)CCC(OCC)=C1CC1)c1c(C)cc(C#N)cc1C. The fraction of sp³-hybridized carbons (Fsp3) is 0.375. The summed E-state index contributed by atoms with van der Waals surface area (Å²) in [6.07, 6.45) is 6.55. The summed E-state index contributed by atoms with van der Waals surface area (Å²) in [7, 11) is 0. The predicted octanol–water partition coefficient (Wildman–Crippen LogP) is 6.85.